The van der Waals surface area contributed by atoms with Gasteiger partial charge in [0.2, 0.25) is 0 Å². The molecule has 3 nitrogen and oxygen atoms in total. The van der Waals surface area contributed by atoms with Crippen molar-refractivity contribution in [2.75, 3.05) is 6.54 Å². The fraction of sp³-hybridized carbons (Fsp3) is 0.286. The number of rotatable bonds is 5. The summed E-state index contributed by atoms with van der Waals surface area (Å²) in [6.07, 6.45) is 6.33. The second kappa shape index (κ2) is 6.61. The quantitative estimate of drug-likeness (QED) is 0.921. The van der Waals surface area contributed by atoms with Crippen molar-refractivity contribution in [3.63, 3.8) is 0 Å². The third-order valence-corrected chi connectivity index (χ3v) is 3.21. The van der Waals surface area contributed by atoms with E-state index < -0.39 is 0 Å². The largest absolute Gasteiger partial charge is 0.305 e. The zero-order valence-corrected chi connectivity index (χ0v) is 11.9. The first-order valence-corrected chi connectivity index (χ1v) is 6.85. The van der Waals surface area contributed by atoms with E-state index >= 15 is 0 Å². The van der Waals surface area contributed by atoms with E-state index in [4.69, 9.17) is 0 Å². The Balaban J connectivity index is 2.27. The van der Waals surface area contributed by atoms with Crippen LogP contribution in [0.5, 0.6) is 0 Å². The number of nitrogens with zero attached hydrogens (tertiary/aromatic N) is 2. The molecular formula is C14H16BrN3. The van der Waals surface area contributed by atoms with Crippen molar-refractivity contribution in [1.29, 1.82) is 0 Å². The molecule has 94 valence electrons. The van der Waals surface area contributed by atoms with E-state index in [1.807, 2.05) is 18.3 Å². The topological polar surface area (TPSA) is 37.8 Å². The van der Waals surface area contributed by atoms with Crippen LogP contribution in [0, 0.1) is 0 Å². The highest BCUT2D eigenvalue weighted by molar-refractivity contribution is 9.10. The molecule has 0 aliphatic heterocycles. The summed E-state index contributed by atoms with van der Waals surface area (Å²) in [5.41, 5.74) is 2.15. The van der Waals surface area contributed by atoms with Gasteiger partial charge in [-0.25, -0.2) is 0 Å². The van der Waals surface area contributed by atoms with Crippen molar-refractivity contribution in [1.82, 2.24) is 15.3 Å². The lowest BCUT2D eigenvalue weighted by atomic mass is 10.0. The molecule has 0 aliphatic rings. The lowest BCUT2D eigenvalue weighted by Gasteiger charge is -2.18. The Kier molecular flexibility index (Phi) is 4.84. The Morgan fingerprint density at radius 1 is 1.22 bits per heavy atom. The molecule has 18 heavy (non-hydrogen) atoms. The smallest absolute Gasteiger partial charge is 0.0801 e. The summed E-state index contributed by atoms with van der Waals surface area (Å²) in [5, 5.41) is 3.50. The van der Waals surface area contributed by atoms with Crippen LogP contribution in [0.2, 0.25) is 0 Å². The van der Waals surface area contributed by atoms with Gasteiger partial charge in [-0.15, -0.1) is 0 Å². The number of aromatic nitrogens is 2. The van der Waals surface area contributed by atoms with Gasteiger partial charge in [-0.05, 0) is 30.7 Å². The van der Waals surface area contributed by atoms with Crippen LogP contribution in [0.4, 0.5) is 0 Å². The van der Waals surface area contributed by atoms with E-state index in [9.17, 15) is 0 Å². The highest BCUT2D eigenvalue weighted by Crippen LogP contribution is 2.21. The third-order valence-electron chi connectivity index (χ3n) is 2.68. The Morgan fingerprint density at radius 2 is 2.00 bits per heavy atom. The van der Waals surface area contributed by atoms with E-state index in [1.54, 1.807) is 12.4 Å². The molecule has 1 aromatic carbocycles. The summed E-state index contributed by atoms with van der Waals surface area (Å²) in [6, 6.07) is 8.41. The van der Waals surface area contributed by atoms with Crippen LogP contribution in [-0.2, 0) is 0 Å². The van der Waals surface area contributed by atoms with Crippen molar-refractivity contribution in [2.24, 2.45) is 0 Å². The van der Waals surface area contributed by atoms with Gasteiger partial charge in [-0.2, -0.15) is 0 Å². The first-order valence-electron chi connectivity index (χ1n) is 6.06. The Bertz CT molecular complexity index is 470. The van der Waals surface area contributed by atoms with Gasteiger partial charge in [-0.3, -0.25) is 9.97 Å². The van der Waals surface area contributed by atoms with Crippen molar-refractivity contribution in [3.05, 3.63) is 58.6 Å². The zero-order chi connectivity index (χ0) is 12.8. The molecule has 0 saturated carbocycles. The minimum absolute atomic E-state index is 0.103. The normalized spacial score (nSPS) is 12.3. The van der Waals surface area contributed by atoms with Gasteiger partial charge in [0, 0.05) is 16.9 Å². The van der Waals surface area contributed by atoms with Crippen LogP contribution < -0.4 is 5.32 Å². The Hall–Kier alpha value is -1.26. The molecule has 0 saturated heterocycles. The van der Waals surface area contributed by atoms with Gasteiger partial charge >= 0.3 is 0 Å². The maximum Gasteiger partial charge on any atom is 0.0801 e. The molecule has 1 atom stereocenters. The highest BCUT2D eigenvalue weighted by Gasteiger charge is 2.14. The molecule has 1 aromatic heterocycles. The number of halogens is 1. The first kappa shape index (κ1) is 13.2. The maximum atomic E-state index is 4.39. The van der Waals surface area contributed by atoms with Crippen LogP contribution in [0.1, 0.15) is 30.6 Å². The average Bonchev–Trinajstić information content (AvgIpc) is 2.42. The van der Waals surface area contributed by atoms with Gasteiger partial charge in [0.15, 0.2) is 0 Å². The van der Waals surface area contributed by atoms with Crippen molar-refractivity contribution < 1.29 is 0 Å². The first-order chi connectivity index (χ1) is 8.81. The molecule has 0 radical (unpaired) electrons. The molecule has 1 unspecified atom stereocenters. The second-order valence-electron chi connectivity index (χ2n) is 4.07. The number of benzene rings is 1. The second-order valence-corrected chi connectivity index (χ2v) is 4.98. The fourth-order valence-electron chi connectivity index (χ4n) is 1.80. The summed E-state index contributed by atoms with van der Waals surface area (Å²) < 4.78 is 1.08. The van der Waals surface area contributed by atoms with E-state index in [-0.39, 0.29) is 6.04 Å². The van der Waals surface area contributed by atoms with E-state index in [0.29, 0.717) is 0 Å². The molecule has 0 spiro atoms. The van der Waals surface area contributed by atoms with Crippen molar-refractivity contribution in [3.8, 4) is 0 Å². The summed E-state index contributed by atoms with van der Waals surface area (Å²) in [4.78, 5) is 8.54. The van der Waals surface area contributed by atoms with Gasteiger partial charge in [0.25, 0.3) is 0 Å². The van der Waals surface area contributed by atoms with Gasteiger partial charge in [0.05, 0.1) is 17.9 Å². The van der Waals surface area contributed by atoms with Crippen molar-refractivity contribution in [2.45, 2.75) is 19.4 Å². The Morgan fingerprint density at radius 3 is 2.61 bits per heavy atom. The molecule has 1 N–H and O–H groups in total. The molecule has 2 rings (SSSR count). The zero-order valence-electron chi connectivity index (χ0n) is 10.3. The lowest BCUT2D eigenvalue weighted by molar-refractivity contribution is 0.584. The summed E-state index contributed by atoms with van der Waals surface area (Å²) >= 11 is 3.46. The van der Waals surface area contributed by atoms with Gasteiger partial charge in [0.1, 0.15) is 0 Å². The molecule has 2 aromatic rings. The maximum absolute atomic E-state index is 4.39. The SMILES string of the molecule is CCCNC(c1ccc(Br)cc1)c1cnccn1. The Labute approximate surface area is 116 Å². The van der Waals surface area contributed by atoms with E-state index in [1.165, 1.54) is 5.56 Å². The summed E-state index contributed by atoms with van der Waals surface area (Å²) in [7, 11) is 0. The minimum Gasteiger partial charge on any atom is -0.305 e. The predicted octanol–water partition coefficient (Wildman–Crippen LogP) is 3.33. The molecule has 0 fully saturated rings. The van der Waals surface area contributed by atoms with Crippen LogP contribution in [0.25, 0.3) is 0 Å². The summed E-state index contributed by atoms with van der Waals surface area (Å²) in [6.45, 7) is 3.11. The molecule has 0 amide bonds. The lowest BCUT2D eigenvalue weighted by Crippen LogP contribution is -2.24. The summed E-state index contributed by atoms with van der Waals surface area (Å²) in [5.74, 6) is 0. The number of nitrogens with one attached hydrogen (secondary N) is 1. The molecule has 0 bridgehead atoms. The molecule has 1 heterocycles. The van der Waals surface area contributed by atoms with Crippen molar-refractivity contribution >= 4 is 15.9 Å². The third kappa shape index (κ3) is 3.37. The molecule has 4 heteroatoms. The van der Waals surface area contributed by atoms with E-state index in [2.05, 4.69) is 50.3 Å². The van der Waals surface area contributed by atoms with Crippen LogP contribution in [0.3, 0.4) is 0 Å². The highest BCUT2D eigenvalue weighted by atomic mass is 79.9. The van der Waals surface area contributed by atoms with Crippen LogP contribution in [0.15, 0.2) is 47.3 Å². The monoisotopic (exact) mass is 305 g/mol. The van der Waals surface area contributed by atoms with E-state index in [0.717, 1.165) is 23.1 Å². The minimum atomic E-state index is 0.103. The number of hydrogen-bond acceptors (Lipinski definition) is 3. The molecular weight excluding hydrogens is 290 g/mol. The number of hydrogen-bond donors (Lipinski definition) is 1. The standard InChI is InChI=1S/C14H16BrN3/c1-2-7-18-14(13-10-16-8-9-17-13)11-3-5-12(15)6-4-11/h3-6,8-10,14,18H,2,7H2,1H3. The van der Waals surface area contributed by atoms with Crippen LogP contribution in [-0.4, -0.2) is 16.5 Å². The fourth-order valence-corrected chi connectivity index (χ4v) is 2.06. The van der Waals surface area contributed by atoms with Gasteiger partial charge in [-0.1, -0.05) is 35.0 Å². The van der Waals surface area contributed by atoms with Crippen LogP contribution >= 0.6 is 15.9 Å². The van der Waals surface area contributed by atoms with Gasteiger partial charge < -0.3 is 5.32 Å². The average molecular weight is 306 g/mol. The molecule has 0 aliphatic carbocycles. The predicted molar refractivity (Wildman–Crippen MR) is 76.3 cm³/mol.